The second-order valence-electron chi connectivity index (χ2n) is 4.61. The van der Waals surface area contributed by atoms with Crippen LogP contribution in [0.2, 0.25) is 0 Å². The van der Waals surface area contributed by atoms with Gasteiger partial charge in [0, 0.05) is 11.1 Å². The summed E-state index contributed by atoms with van der Waals surface area (Å²) in [5, 5.41) is 0. The molecule has 3 heteroatoms. The number of nitrogens with two attached hydrogens (primary N) is 1. The average Bonchev–Trinajstić information content (AvgIpc) is 2.49. The highest BCUT2D eigenvalue weighted by Crippen LogP contribution is 2.25. The molecular weight excluding hydrogens is 248 g/mol. The Morgan fingerprint density at radius 2 is 1.70 bits per heavy atom. The third kappa shape index (κ3) is 2.18. The zero-order valence-electron chi connectivity index (χ0n) is 11.0. The summed E-state index contributed by atoms with van der Waals surface area (Å²) in [6.45, 7) is 0.488. The topological polar surface area (TPSA) is 46.3 Å². The van der Waals surface area contributed by atoms with E-state index in [4.69, 9.17) is 5.73 Å². The van der Waals surface area contributed by atoms with E-state index in [1.165, 1.54) is 0 Å². The van der Waals surface area contributed by atoms with Gasteiger partial charge < -0.3 is 10.6 Å². The van der Waals surface area contributed by atoms with Crippen molar-refractivity contribution in [3.8, 4) is 11.8 Å². The minimum absolute atomic E-state index is 0.00999. The lowest BCUT2D eigenvalue weighted by Crippen LogP contribution is -2.36. The van der Waals surface area contributed by atoms with Gasteiger partial charge in [-0.15, -0.1) is 0 Å². The molecule has 2 aromatic carbocycles. The number of hydrogen-bond donors (Lipinski definition) is 1. The van der Waals surface area contributed by atoms with Crippen LogP contribution in [0.3, 0.4) is 0 Å². The minimum Gasteiger partial charge on any atom is -0.322 e. The molecule has 2 N–H and O–H groups in total. The van der Waals surface area contributed by atoms with Gasteiger partial charge in [0.05, 0.1) is 18.8 Å². The van der Waals surface area contributed by atoms with Gasteiger partial charge in [-0.05, 0) is 23.8 Å². The number of nitrogens with zero attached hydrogens (tertiary/aromatic N) is 1. The monoisotopic (exact) mass is 262 g/mol. The predicted molar refractivity (Wildman–Crippen MR) is 79.1 cm³/mol. The quantitative estimate of drug-likeness (QED) is 0.798. The second kappa shape index (κ2) is 5.20. The fourth-order valence-electron chi connectivity index (χ4n) is 2.32. The van der Waals surface area contributed by atoms with Gasteiger partial charge in [0.15, 0.2) is 0 Å². The van der Waals surface area contributed by atoms with Crippen molar-refractivity contribution in [2.75, 3.05) is 11.4 Å². The van der Waals surface area contributed by atoms with Gasteiger partial charge in [-0.1, -0.05) is 42.2 Å². The van der Waals surface area contributed by atoms with Crippen molar-refractivity contribution in [3.05, 3.63) is 65.2 Å². The Bertz CT molecular complexity index is 725. The molecule has 0 aromatic heterocycles. The van der Waals surface area contributed by atoms with Crippen LogP contribution in [0.5, 0.6) is 0 Å². The third-order valence-corrected chi connectivity index (χ3v) is 3.35. The first-order valence-electron chi connectivity index (χ1n) is 6.49. The molecule has 0 fully saturated rings. The summed E-state index contributed by atoms with van der Waals surface area (Å²) in [7, 11) is 0. The standard InChI is InChI=1S/C17H14N2O/c18-11-17(20)19-12-15-7-2-1-5-13(15)9-10-14-6-3-4-8-16(14)19/h1-8H,11-12,18H2. The number of para-hydroxylation sites is 1. The molecule has 1 aliphatic heterocycles. The fraction of sp³-hybridized carbons (Fsp3) is 0.118. The molecule has 1 heterocycles. The summed E-state index contributed by atoms with van der Waals surface area (Å²) in [5.74, 6) is 6.22. The highest BCUT2D eigenvalue weighted by Gasteiger charge is 2.19. The van der Waals surface area contributed by atoms with Crippen molar-refractivity contribution < 1.29 is 4.79 Å². The van der Waals surface area contributed by atoms with Crippen LogP contribution in [0.25, 0.3) is 0 Å². The van der Waals surface area contributed by atoms with E-state index >= 15 is 0 Å². The maximum Gasteiger partial charge on any atom is 0.241 e. The van der Waals surface area contributed by atoms with Gasteiger partial charge in [0.25, 0.3) is 0 Å². The summed E-state index contributed by atoms with van der Waals surface area (Å²) in [4.78, 5) is 13.9. The molecule has 0 aliphatic carbocycles. The number of amides is 1. The van der Waals surface area contributed by atoms with Gasteiger partial charge in [-0.2, -0.15) is 0 Å². The van der Waals surface area contributed by atoms with E-state index < -0.39 is 0 Å². The van der Waals surface area contributed by atoms with Crippen molar-refractivity contribution in [1.29, 1.82) is 0 Å². The van der Waals surface area contributed by atoms with Crippen LogP contribution in [0.4, 0.5) is 5.69 Å². The molecule has 0 radical (unpaired) electrons. The molecule has 1 amide bonds. The first-order chi connectivity index (χ1) is 9.79. The molecule has 3 nitrogen and oxygen atoms in total. The Balaban J connectivity index is 2.20. The molecule has 0 saturated carbocycles. The highest BCUT2D eigenvalue weighted by atomic mass is 16.2. The molecule has 0 atom stereocenters. The smallest absolute Gasteiger partial charge is 0.241 e. The first kappa shape index (κ1) is 12.5. The molecule has 0 bridgehead atoms. The van der Waals surface area contributed by atoms with Gasteiger partial charge in [-0.3, -0.25) is 4.79 Å². The summed E-state index contributed by atoms with van der Waals surface area (Å²) in [5.41, 5.74) is 9.21. The minimum atomic E-state index is -0.101. The van der Waals surface area contributed by atoms with Crippen molar-refractivity contribution in [2.45, 2.75) is 6.54 Å². The van der Waals surface area contributed by atoms with E-state index in [0.717, 1.165) is 22.4 Å². The zero-order valence-corrected chi connectivity index (χ0v) is 11.0. The number of anilines is 1. The van der Waals surface area contributed by atoms with Crippen LogP contribution in [-0.4, -0.2) is 12.5 Å². The Morgan fingerprint density at radius 1 is 1.05 bits per heavy atom. The van der Waals surface area contributed by atoms with Crippen molar-refractivity contribution >= 4 is 11.6 Å². The van der Waals surface area contributed by atoms with Gasteiger partial charge >= 0.3 is 0 Å². The lowest BCUT2D eigenvalue weighted by molar-refractivity contribution is -0.117. The Morgan fingerprint density at radius 3 is 2.50 bits per heavy atom. The molecule has 0 saturated heterocycles. The van der Waals surface area contributed by atoms with Gasteiger partial charge in [0.1, 0.15) is 0 Å². The molecule has 0 spiro atoms. The van der Waals surface area contributed by atoms with Crippen molar-refractivity contribution in [2.24, 2.45) is 5.73 Å². The molecule has 3 rings (SSSR count). The zero-order chi connectivity index (χ0) is 13.9. The summed E-state index contributed by atoms with van der Waals surface area (Å²) >= 11 is 0. The summed E-state index contributed by atoms with van der Waals surface area (Å²) in [6.07, 6.45) is 0. The van der Waals surface area contributed by atoms with Gasteiger partial charge in [-0.25, -0.2) is 0 Å². The molecule has 2 aromatic rings. The highest BCUT2D eigenvalue weighted by molar-refractivity contribution is 5.96. The average molecular weight is 262 g/mol. The van der Waals surface area contributed by atoms with E-state index in [1.807, 2.05) is 48.5 Å². The largest absolute Gasteiger partial charge is 0.322 e. The normalized spacial score (nSPS) is 12.3. The predicted octanol–water partition coefficient (Wildman–Crippen LogP) is 1.89. The van der Waals surface area contributed by atoms with Gasteiger partial charge in [0.2, 0.25) is 5.91 Å². The summed E-state index contributed by atoms with van der Waals surface area (Å²) in [6, 6.07) is 15.5. The van der Waals surface area contributed by atoms with Crippen LogP contribution < -0.4 is 10.6 Å². The third-order valence-electron chi connectivity index (χ3n) is 3.35. The maximum absolute atomic E-state index is 12.2. The second-order valence-corrected chi connectivity index (χ2v) is 4.61. The molecule has 98 valence electrons. The molecule has 20 heavy (non-hydrogen) atoms. The van der Waals surface area contributed by atoms with E-state index in [-0.39, 0.29) is 12.5 Å². The number of hydrogen-bond acceptors (Lipinski definition) is 2. The number of carbonyl (C=O) groups is 1. The number of rotatable bonds is 1. The van der Waals surface area contributed by atoms with E-state index in [0.29, 0.717) is 6.54 Å². The van der Waals surface area contributed by atoms with E-state index in [9.17, 15) is 4.79 Å². The van der Waals surface area contributed by atoms with Crippen LogP contribution in [0.1, 0.15) is 16.7 Å². The Kier molecular flexibility index (Phi) is 3.24. The van der Waals surface area contributed by atoms with Crippen LogP contribution in [-0.2, 0) is 11.3 Å². The van der Waals surface area contributed by atoms with Crippen LogP contribution >= 0.6 is 0 Å². The lowest BCUT2D eigenvalue weighted by atomic mass is 10.0. The maximum atomic E-state index is 12.2. The molecule has 1 aliphatic rings. The Labute approximate surface area is 118 Å². The van der Waals surface area contributed by atoms with E-state index in [1.54, 1.807) is 4.90 Å². The van der Waals surface area contributed by atoms with Crippen molar-refractivity contribution in [3.63, 3.8) is 0 Å². The van der Waals surface area contributed by atoms with Crippen LogP contribution in [0, 0.1) is 11.8 Å². The molecular formula is C17H14N2O. The van der Waals surface area contributed by atoms with E-state index in [2.05, 4.69) is 11.8 Å². The van der Waals surface area contributed by atoms with Crippen LogP contribution in [0.15, 0.2) is 48.5 Å². The lowest BCUT2D eigenvalue weighted by Gasteiger charge is -2.25. The Hall–Kier alpha value is -2.57. The SMILES string of the molecule is NCC(=O)N1Cc2ccccc2C#Cc2ccccc21. The number of carbonyl (C=O) groups excluding carboxylic acids is 1. The molecule has 0 unspecified atom stereocenters. The number of benzene rings is 2. The summed E-state index contributed by atoms with van der Waals surface area (Å²) < 4.78 is 0. The first-order valence-corrected chi connectivity index (χ1v) is 6.49. The fourth-order valence-corrected chi connectivity index (χ4v) is 2.32. The van der Waals surface area contributed by atoms with Crippen molar-refractivity contribution in [1.82, 2.24) is 0 Å². The number of fused-ring (bicyclic) bond motifs is 2.